The van der Waals surface area contributed by atoms with Gasteiger partial charge in [0.25, 0.3) is 0 Å². The predicted molar refractivity (Wildman–Crippen MR) is 189 cm³/mol. The van der Waals surface area contributed by atoms with Gasteiger partial charge in [-0.25, -0.2) is 0 Å². The number of fused-ring (bicyclic) bond motifs is 3. The average Bonchev–Trinajstić information content (AvgIpc) is 3.70. The minimum absolute atomic E-state index is 0.0301. The number of aryl methyl sites for hydroxylation is 1. The predicted octanol–water partition coefficient (Wildman–Crippen LogP) is 9.37. The number of nitrogens with zero attached hydrogens (tertiary/aromatic N) is 2. The number of H-pyrrole nitrogens is 1. The Bertz CT molecular complexity index is 2160. The summed E-state index contributed by atoms with van der Waals surface area (Å²) in [7, 11) is 0. The highest BCUT2D eigenvalue weighted by Gasteiger charge is 2.46. The zero-order chi connectivity index (χ0) is 32.3. The maximum Gasteiger partial charge on any atom is 0.239 e. The second-order valence-corrected chi connectivity index (χ2v) is 14.1. The normalized spacial score (nSPS) is 16.9. The van der Waals surface area contributed by atoms with Gasteiger partial charge < -0.3 is 14.5 Å². The molecule has 47 heavy (non-hydrogen) atoms. The molecule has 6 aromatic rings. The van der Waals surface area contributed by atoms with Crippen molar-refractivity contribution in [2.75, 3.05) is 4.90 Å². The second-order valence-electron chi connectivity index (χ2n) is 13.7. The van der Waals surface area contributed by atoms with Crippen LogP contribution in [0.2, 0.25) is 5.02 Å². The summed E-state index contributed by atoms with van der Waals surface area (Å²) in [4.78, 5) is 34.5. The molecule has 5 nitrogen and oxygen atoms in total. The van der Waals surface area contributed by atoms with Crippen LogP contribution < -0.4 is 4.90 Å². The molecule has 2 aliphatic rings. The molecule has 6 heteroatoms. The number of aromatic nitrogens is 2. The molecule has 1 aliphatic heterocycles. The van der Waals surface area contributed by atoms with Crippen LogP contribution in [0.5, 0.6) is 0 Å². The number of hydrogen-bond donors (Lipinski definition) is 1. The molecule has 0 fully saturated rings. The Morgan fingerprint density at radius 3 is 2.38 bits per heavy atom. The third-order valence-corrected chi connectivity index (χ3v) is 10.1. The van der Waals surface area contributed by atoms with Gasteiger partial charge in [-0.05, 0) is 64.8 Å². The van der Waals surface area contributed by atoms with Crippen LogP contribution in [-0.4, -0.2) is 21.2 Å². The molecule has 1 amide bonds. The Morgan fingerprint density at radius 1 is 0.872 bits per heavy atom. The van der Waals surface area contributed by atoms with Crippen molar-refractivity contribution in [3.8, 4) is 11.3 Å². The summed E-state index contributed by atoms with van der Waals surface area (Å²) in [5.74, 6) is -0.583. The second kappa shape index (κ2) is 11.4. The largest absolute Gasteiger partial charge is 0.361 e. The number of amides is 1. The highest BCUT2D eigenvalue weighted by atomic mass is 35.5. The van der Waals surface area contributed by atoms with Gasteiger partial charge in [-0.15, -0.1) is 0 Å². The highest BCUT2D eigenvalue weighted by Crippen LogP contribution is 2.51. The van der Waals surface area contributed by atoms with Crippen LogP contribution >= 0.6 is 11.6 Å². The van der Waals surface area contributed by atoms with Crippen molar-refractivity contribution in [1.29, 1.82) is 0 Å². The summed E-state index contributed by atoms with van der Waals surface area (Å²) in [6, 6.07) is 34.4. The lowest BCUT2D eigenvalue weighted by Crippen LogP contribution is -2.31. The average molecular weight is 638 g/mol. The van der Waals surface area contributed by atoms with Gasteiger partial charge in [0, 0.05) is 57.6 Å². The van der Waals surface area contributed by atoms with Crippen LogP contribution in [0.3, 0.4) is 0 Å². The van der Waals surface area contributed by atoms with E-state index in [9.17, 15) is 9.59 Å². The van der Waals surface area contributed by atoms with E-state index in [4.69, 9.17) is 11.6 Å². The molecule has 0 spiro atoms. The van der Waals surface area contributed by atoms with Gasteiger partial charge in [0.2, 0.25) is 5.91 Å². The molecule has 0 saturated carbocycles. The van der Waals surface area contributed by atoms with Crippen molar-refractivity contribution < 1.29 is 9.59 Å². The van der Waals surface area contributed by atoms with E-state index in [1.807, 2.05) is 77.7 Å². The van der Waals surface area contributed by atoms with Crippen LogP contribution in [0.15, 0.2) is 109 Å². The van der Waals surface area contributed by atoms with E-state index in [0.717, 1.165) is 57.7 Å². The van der Waals surface area contributed by atoms with Crippen LogP contribution in [0.4, 0.5) is 5.69 Å². The Hall–Kier alpha value is -4.87. The minimum atomic E-state index is -0.657. The van der Waals surface area contributed by atoms with Crippen LogP contribution in [0, 0.1) is 5.41 Å². The molecule has 2 aromatic heterocycles. The summed E-state index contributed by atoms with van der Waals surface area (Å²) in [5, 5.41) is 1.78. The summed E-state index contributed by atoms with van der Waals surface area (Å²) in [5.41, 5.74) is 9.39. The standard InChI is InChI=1S/C41H36ClN3O2/c1-41(2)22-34-37(35(46)23-41)38(36-31-21-29(42)17-18-33(31)45(40(36)47)25-26-11-5-3-6-12-26)39(27-13-7-4-8-14-27)44(34)20-19-28-24-43-32-16-10-9-15-30(28)32/h3-18,21,24,36,43H,19-20,22-23,25H2,1-2H3. The van der Waals surface area contributed by atoms with E-state index in [0.29, 0.717) is 30.1 Å². The van der Waals surface area contributed by atoms with E-state index < -0.39 is 5.92 Å². The first-order valence-electron chi connectivity index (χ1n) is 16.3. The summed E-state index contributed by atoms with van der Waals surface area (Å²) in [6.07, 6.45) is 4.06. The Kier molecular flexibility index (Phi) is 7.18. The number of aromatic amines is 1. The van der Waals surface area contributed by atoms with E-state index in [1.165, 1.54) is 10.9 Å². The molecule has 234 valence electrons. The molecule has 1 unspecified atom stereocenters. The topological polar surface area (TPSA) is 58.1 Å². The zero-order valence-corrected chi connectivity index (χ0v) is 27.4. The van der Waals surface area contributed by atoms with Gasteiger partial charge in [-0.2, -0.15) is 0 Å². The molecule has 3 heterocycles. The molecule has 1 atom stereocenters. The smallest absolute Gasteiger partial charge is 0.239 e. The number of Topliss-reactive ketones (excluding diaryl/α,β-unsaturated/α-hetero) is 1. The van der Waals surface area contributed by atoms with Gasteiger partial charge in [0.15, 0.2) is 5.78 Å². The van der Waals surface area contributed by atoms with Gasteiger partial charge in [-0.1, -0.05) is 104 Å². The zero-order valence-electron chi connectivity index (χ0n) is 26.6. The molecule has 0 bridgehead atoms. The van der Waals surface area contributed by atoms with Crippen molar-refractivity contribution >= 4 is 39.9 Å². The van der Waals surface area contributed by atoms with Gasteiger partial charge in [0.05, 0.1) is 18.2 Å². The maximum atomic E-state index is 14.8. The summed E-state index contributed by atoms with van der Waals surface area (Å²) >= 11 is 6.65. The molecular formula is C41H36ClN3O2. The van der Waals surface area contributed by atoms with E-state index in [1.54, 1.807) is 0 Å². The Labute approximate surface area is 279 Å². The number of carbonyl (C=O) groups excluding carboxylic acids is 2. The van der Waals surface area contributed by atoms with Crippen LogP contribution in [-0.2, 0) is 30.7 Å². The lowest BCUT2D eigenvalue weighted by molar-refractivity contribution is -0.118. The highest BCUT2D eigenvalue weighted by molar-refractivity contribution is 6.31. The number of anilines is 1. The summed E-state index contributed by atoms with van der Waals surface area (Å²) < 4.78 is 2.36. The fourth-order valence-electron chi connectivity index (χ4n) is 7.85. The van der Waals surface area contributed by atoms with Crippen molar-refractivity contribution in [2.45, 2.75) is 52.1 Å². The van der Waals surface area contributed by atoms with Crippen molar-refractivity contribution in [2.24, 2.45) is 5.41 Å². The van der Waals surface area contributed by atoms with Gasteiger partial charge in [0.1, 0.15) is 0 Å². The number of rotatable bonds is 7. The van der Waals surface area contributed by atoms with Crippen LogP contribution in [0.25, 0.3) is 22.2 Å². The van der Waals surface area contributed by atoms with E-state index >= 15 is 0 Å². The number of hydrogen-bond acceptors (Lipinski definition) is 2. The number of nitrogens with one attached hydrogen (secondary N) is 1. The van der Waals surface area contributed by atoms with Gasteiger partial charge in [-0.3, -0.25) is 9.59 Å². The molecule has 1 N–H and O–H groups in total. The molecule has 0 radical (unpaired) electrons. The number of carbonyl (C=O) groups is 2. The fraction of sp³-hybridized carbons (Fsp3) is 0.220. The first-order valence-corrected chi connectivity index (χ1v) is 16.7. The fourth-order valence-corrected chi connectivity index (χ4v) is 8.03. The van der Waals surface area contributed by atoms with Crippen LogP contribution in [0.1, 0.15) is 64.5 Å². The third-order valence-electron chi connectivity index (χ3n) is 9.88. The maximum absolute atomic E-state index is 14.8. The SMILES string of the molecule is CC1(C)CC(=O)c2c(C3C(=O)N(Cc4ccccc4)c4ccc(Cl)cc43)c(-c3ccccc3)n(CCc3c[nH]c4ccccc34)c2C1. The monoisotopic (exact) mass is 637 g/mol. The first-order chi connectivity index (χ1) is 22.8. The quantitative estimate of drug-likeness (QED) is 0.190. The molecular weight excluding hydrogens is 602 g/mol. The lowest BCUT2D eigenvalue weighted by Gasteiger charge is -2.30. The summed E-state index contributed by atoms with van der Waals surface area (Å²) in [6.45, 7) is 5.46. The lowest BCUT2D eigenvalue weighted by atomic mass is 9.74. The number of benzene rings is 4. The molecule has 1 aliphatic carbocycles. The number of para-hydroxylation sites is 1. The first kappa shape index (κ1) is 29.5. The third kappa shape index (κ3) is 5.10. The minimum Gasteiger partial charge on any atom is -0.361 e. The number of ketones is 1. The van der Waals surface area contributed by atoms with Crippen molar-refractivity contribution in [3.05, 3.63) is 148 Å². The molecule has 8 rings (SSSR count). The molecule has 4 aromatic carbocycles. The Balaban J connectivity index is 1.35. The van der Waals surface area contributed by atoms with Crippen molar-refractivity contribution in [3.63, 3.8) is 0 Å². The van der Waals surface area contributed by atoms with Crippen molar-refractivity contribution in [1.82, 2.24) is 9.55 Å². The van der Waals surface area contributed by atoms with Gasteiger partial charge >= 0.3 is 0 Å². The van der Waals surface area contributed by atoms with E-state index in [-0.39, 0.29) is 17.1 Å². The van der Waals surface area contributed by atoms with E-state index in [2.05, 4.69) is 59.9 Å². The Morgan fingerprint density at radius 2 is 1.60 bits per heavy atom. The molecule has 0 saturated heterocycles. The number of halogens is 1.